The largest absolute Gasteiger partial charge is 0.489 e. The lowest BCUT2D eigenvalue weighted by Crippen LogP contribution is -2.17. The van der Waals surface area contributed by atoms with Crippen molar-refractivity contribution in [3.63, 3.8) is 0 Å². The minimum atomic E-state index is -0.398. The molecule has 0 spiro atoms. The van der Waals surface area contributed by atoms with Gasteiger partial charge in [-0.1, -0.05) is 59.8 Å². The molecule has 0 saturated heterocycles. The summed E-state index contributed by atoms with van der Waals surface area (Å²) in [4.78, 5) is 17.0. The Morgan fingerprint density at radius 2 is 1.83 bits per heavy atom. The van der Waals surface area contributed by atoms with Crippen molar-refractivity contribution >= 4 is 17.8 Å². The molecule has 0 saturated carbocycles. The van der Waals surface area contributed by atoms with Gasteiger partial charge in [-0.3, -0.25) is 4.79 Å². The smallest absolute Gasteiger partial charge is 0.265 e. The molecule has 3 aromatic carbocycles. The molecular formula is C23H19N3O3. The van der Waals surface area contributed by atoms with Gasteiger partial charge in [0.15, 0.2) is 6.61 Å². The lowest BCUT2D eigenvalue weighted by Gasteiger charge is -2.07. The number of nitrogens with zero attached hydrogens (tertiary/aromatic N) is 2. The van der Waals surface area contributed by atoms with E-state index in [4.69, 9.17) is 14.8 Å². The molecule has 3 aromatic rings. The van der Waals surface area contributed by atoms with E-state index in [-0.39, 0.29) is 6.61 Å². The molecule has 6 nitrogen and oxygen atoms in total. The van der Waals surface area contributed by atoms with Crippen LogP contribution in [0.3, 0.4) is 0 Å². The van der Waals surface area contributed by atoms with E-state index in [0.29, 0.717) is 23.6 Å². The molecule has 0 atom stereocenters. The maximum absolute atomic E-state index is 11.9. The summed E-state index contributed by atoms with van der Waals surface area (Å²) < 4.78 is 5.77. The number of benzene rings is 3. The normalized spacial score (nSPS) is 10.3. The fraction of sp³-hybridized carbons (Fsp3) is 0.0870. The highest BCUT2D eigenvalue weighted by atomic mass is 16.6. The third-order valence-electron chi connectivity index (χ3n) is 3.90. The van der Waals surface area contributed by atoms with E-state index in [1.165, 1.54) is 6.21 Å². The second-order valence-corrected chi connectivity index (χ2v) is 6.06. The molecule has 0 aliphatic heterocycles. The van der Waals surface area contributed by atoms with Crippen LogP contribution in [0.5, 0.6) is 5.75 Å². The average Bonchev–Trinajstić information content (AvgIpc) is 2.77. The summed E-state index contributed by atoms with van der Waals surface area (Å²) >= 11 is 0. The Kier molecular flexibility index (Phi) is 6.97. The number of rotatable bonds is 8. The zero-order chi connectivity index (χ0) is 20.3. The maximum Gasteiger partial charge on any atom is 0.265 e. The van der Waals surface area contributed by atoms with Gasteiger partial charge in [0, 0.05) is 0 Å². The highest BCUT2D eigenvalue weighted by Crippen LogP contribution is 2.15. The van der Waals surface area contributed by atoms with E-state index in [2.05, 4.69) is 10.5 Å². The Morgan fingerprint density at radius 1 is 1.03 bits per heavy atom. The molecule has 0 aliphatic carbocycles. The van der Waals surface area contributed by atoms with Gasteiger partial charge in [-0.05, 0) is 35.4 Å². The molecule has 0 heterocycles. The lowest BCUT2D eigenvalue weighted by atomic mass is 10.2. The Balaban J connectivity index is 1.47. The number of nitriles is 1. The van der Waals surface area contributed by atoms with E-state index in [1.54, 1.807) is 24.3 Å². The molecule has 0 unspecified atom stereocenters. The van der Waals surface area contributed by atoms with E-state index in [0.717, 1.165) is 11.1 Å². The van der Waals surface area contributed by atoms with Gasteiger partial charge in [-0.25, -0.2) is 0 Å². The van der Waals surface area contributed by atoms with Crippen LogP contribution < -0.4 is 10.1 Å². The summed E-state index contributed by atoms with van der Waals surface area (Å²) in [5.74, 6) is 0.313. The molecule has 0 fully saturated rings. The van der Waals surface area contributed by atoms with Crippen LogP contribution in [-0.4, -0.2) is 18.7 Å². The van der Waals surface area contributed by atoms with E-state index in [9.17, 15) is 4.79 Å². The summed E-state index contributed by atoms with van der Waals surface area (Å²) in [6.07, 6.45) is 1.51. The third-order valence-corrected chi connectivity index (χ3v) is 3.90. The summed E-state index contributed by atoms with van der Waals surface area (Å²) in [5.41, 5.74) is 2.69. The summed E-state index contributed by atoms with van der Waals surface area (Å²) in [7, 11) is 0. The number of hydrogen-bond donors (Lipinski definition) is 1. The maximum atomic E-state index is 11.9. The Hall–Kier alpha value is -4.11. The highest BCUT2D eigenvalue weighted by Gasteiger charge is 2.06. The minimum Gasteiger partial charge on any atom is -0.489 e. The number of carbonyl (C=O) groups is 1. The third kappa shape index (κ3) is 6.22. The van der Waals surface area contributed by atoms with Gasteiger partial charge in [0.05, 0.1) is 17.5 Å². The fourth-order valence-corrected chi connectivity index (χ4v) is 2.50. The topological polar surface area (TPSA) is 83.7 Å². The molecular weight excluding hydrogens is 366 g/mol. The van der Waals surface area contributed by atoms with Crippen LogP contribution in [0.15, 0.2) is 84.0 Å². The zero-order valence-electron chi connectivity index (χ0n) is 15.6. The number of nitrogens with one attached hydrogen (secondary N) is 1. The minimum absolute atomic E-state index is 0.263. The van der Waals surface area contributed by atoms with E-state index >= 15 is 0 Å². The molecule has 144 valence electrons. The predicted octanol–water partition coefficient (Wildman–Crippen LogP) is 4.13. The van der Waals surface area contributed by atoms with Gasteiger partial charge in [0.25, 0.3) is 5.91 Å². The number of amides is 1. The number of para-hydroxylation sites is 1. The Labute approximate surface area is 169 Å². The van der Waals surface area contributed by atoms with Crippen LogP contribution in [-0.2, 0) is 16.2 Å². The van der Waals surface area contributed by atoms with Crippen LogP contribution in [0, 0.1) is 11.3 Å². The number of oxime groups is 1. The average molecular weight is 385 g/mol. The number of carbonyl (C=O) groups excluding carboxylic acids is 1. The second kappa shape index (κ2) is 10.3. The van der Waals surface area contributed by atoms with Gasteiger partial charge in [0.1, 0.15) is 18.4 Å². The molecule has 0 radical (unpaired) electrons. The lowest BCUT2D eigenvalue weighted by molar-refractivity contribution is -0.120. The van der Waals surface area contributed by atoms with E-state index < -0.39 is 5.91 Å². The van der Waals surface area contributed by atoms with Crippen molar-refractivity contribution in [2.24, 2.45) is 5.16 Å². The summed E-state index contributed by atoms with van der Waals surface area (Å²) in [5, 5.41) is 15.5. The van der Waals surface area contributed by atoms with Crippen molar-refractivity contribution in [1.82, 2.24) is 0 Å². The van der Waals surface area contributed by atoms with Gasteiger partial charge >= 0.3 is 0 Å². The van der Waals surface area contributed by atoms with Crippen LogP contribution in [0.1, 0.15) is 16.7 Å². The monoisotopic (exact) mass is 385 g/mol. The summed E-state index contributed by atoms with van der Waals surface area (Å²) in [6, 6.07) is 26.1. The standard InChI is InChI=1S/C23H19N3O3/c24-14-20-10-4-5-12-22(20)26-23(27)17-29-25-15-19-9-6-11-21(13-19)28-16-18-7-2-1-3-8-18/h1-13,15H,16-17H2,(H,26,27)/b25-15-. The fourth-order valence-electron chi connectivity index (χ4n) is 2.50. The van der Waals surface area contributed by atoms with Gasteiger partial charge in [0.2, 0.25) is 0 Å². The molecule has 29 heavy (non-hydrogen) atoms. The van der Waals surface area contributed by atoms with Crippen LogP contribution in [0.2, 0.25) is 0 Å². The molecule has 6 heteroatoms. The highest BCUT2D eigenvalue weighted by molar-refractivity contribution is 5.93. The van der Waals surface area contributed by atoms with Crippen molar-refractivity contribution in [3.05, 3.63) is 95.6 Å². The second-order valence-electron chi connectivity index (χ2n) is 6.06. The quantitative estimate of drug-likeness (QED) is 0.467. The van der Waals surface area contributed by atoms with Crippen LogP contribution >= 0.6 is 0 Å². The SMILES string of the molecule is N#Cc1ccccc1NC(=O)CO/N=C\c1cccc(OCc2ccccc2)c1. The van der Waals surface area contributed by atoms with Crippen molar-refractivity contribution < 1.29 is 14.4 Å². The molecule has 0 aliphatic rings. The molecule has 0 aromatic heterocycles. The Bertz CT molecular complexity index is 1030. The van der Waals surface area contributed by atoms with Gasteiger partial charge in [-0.2, -0.15) is 5.26 Å². The number of hydrogen-bond acceptors (Lipinski definition) is 5. The van der Waals surface area contributed by atoms with E-state index in [1.807, 2.05) is 60.7 Å². The zero-order valence-corrected chi connectivity index (χ0v) is 15.6. The number of ether oxygens (including phenoxy) is 1. The van der Waals surface area contributed by atoms with Crippen molar-refractivity contribution in [3.8, 4) is 11.8 Å². The Morgan fingerprint density at radius 3 is 2.66 bits per heavy atom. The van der Waals surface area contributed by atoms with Gasteiger partial charge < -0.3 is 14.9 Å². The summed E-state index contributed by atoms with van der Waals surface area (Å²) in [6.45, 7) is 0.211. The van der Waals surface area contributed by atoms with Crippen LogP contribution in [0.4, 0.5) is 5.69 Å². The molecule has 1 amide bonds. The van der Waals surface area contributed by atoms with Gasteiger partial charge in [-0.15, -0.1) is 0 Å². The molecule has 1 N–H and O–H groups in total. The number of anilines is 1. The molecule has 0 bridgehead atoms. The molecule has 3 rings (SSSR count). The first-order valence-electron chi connectivity index (χ1n) is 8.96. The first kappa shape index (κ1) is 19.6. The first-order chi connectivity index (χ1) is 14.2. The first-order valence-corrected chi connectivity index (χ1v) is 8.96. The van der Waals surface area contributed by atoms with Crippen molar-refractivity contribution in [2.75, 3.05) is 11.9 Å². The van der Waals surface area contributed by atoms with Crippen molar-refractivity contribution in [1.29, 1.82) is 5.26 Å². The predicted molar refractivity (Wildman–Crippen MR) is 111 cm³/mol. The van der Waals surface area contributed by atoms with Crippen LogP contribution in [0.25, 0.3) is 0 Å². The van der Waals surface area contributed by atoms with Crippen molar-refractivity contribution in [2.45, 2.75) is 6.61 Å².